The Morgan fingerprint density at radius 1 is 1.19 bits per heavy atom. The van der Waals surface area contributed by atoms with Crippen LogP contribution in [0.1, 0.15) is 16.8 Å². The van der Waals surface area contributed by atoms with Gasteiger partial charge in [-0.3, -0.25) is 4.79 Å². The molecule has 3 aromatic rings. The molecule has 1 aromatic heterocycles. The number of rotatable bonds is 6. The highest BCUT2D eigenvalue weighted by atomic mass is 79.9. The minimum Gasteiger partial charge on any atom is -0.496 e. The Labute approximate surface area is 164 Å². The van der Waals surface area contributed by atoms with E-state index in [0.29, 0.717) is 0 Å². The molecule has 134 valence electrons. The van der Waals surface area contributed by atoms with Crippen LogP contribution in [0.2, 0.25) is 0 Å². The number of carbonyl (C=O) groups excluding carboxylic acids is 1. The van der Waals surface area contributed by atoms with Crippen LogP contribution in [0.4, 0.5) is 0 Å². The monoisotopic (exact) mass is 431 g/mol. The molecule has 0 aliphatic carbocycles. The Balaban J connectivity index is 1.63. The first-order valence-corrected chi connectivity index (χ1v) is 9.72. The number of aromatic nitrogens is 1. The molecule has 0 bridgehead atoms. The number of esters is 1. The summed E-state index contributed by atoms with van der Waals surface area (Å²) in [5.74, 6) is 0.494. The second kappa shape index (κ2) is 8.47. The van der Waals surface area contributed by atoms with Gasteiger partial charge in [0.05, 0.1) is 24.8 Å². The van der Waals surface area contributed by atoms with Crippen molar-refractivity contribution >= 4 is 33.2 Å². The molecule has 0 fully saturated rings. The molecule has 6 heteroatoms. The third kappa shape index (κ3) is 4.71. The summed E-state index contributed by atoms with van der Waals surface area (Å²) in [7, 11) is 1.63. The zero-order chi connectivity index (χ0) is 18.5. The largest absolute Gasteiger partial charge is 0.496 e. The SMILES string of the molecule is COc1ccc(Br)cc1-c1nc(COC(=O)Cc2ccc(C)cc2)cs1. The minimum atomic E-state index is -0.261. The van der Waals surface area contributed by atoms with Crippen LogP contribution in [0.25, 0.3) is 10.6 Å². The van der Waals surface area contributed by atoms with Gasteiger partial charge in [0.25, 0.3) is 0 Å². The van der Waals surface area contributed by atoms with E-state index in [-0.39, 0.29) is 19.0 Å². The molecule has 0 N–H and O–H groups in total. The molecule has 0 spiro atoms. The van der Waals surface area contributed by atoms with Gasteiger partial charge in [0, 0.05) is 9.85 Å². The van der Waals surface area contributed by atoms with Crippen LogP contribution in [-0.2, 0) is 22.6 Å². The molecule has 1 heterocycles. The van der Waals surface area contributed by atoms with E-state index in [1.54, 1.807) is 7.11 Å². The molecule has 4 nitrogen and oxygen atoms in total. The van der Waals surface area contributed by atoms with E-state index in [9.17, 15) is 4.79 Å². The van der Waals surface area contributed by atoms with Gasteiger partial charge in [-0.1, -0.05) is 45.8 Å². The number of nitrogens with zero attached hydrogens (tertiary/aromatic N) is 1. The first-order valence-electron chi connectivity index (χ1n) is 8.04. The Hall–Kier alpha value is -2.18. The van der Waals surface area contributed by atoms with Gasteiger partial charge < -0.3 is 9.47 Å². The van der Waals surface area contributed by atoms with Crippen LogP contribution in [0.5, 0.6) is 5.75 Å². The van der Waals surface area contributed by atoms with Gasteiger partial charge in [0.1, 0.15) is 17.4 Å². The number of benzene rings is 2. The molecular weight excluding hydrogens is 414 g/mol. The lowest BCUT2D eigenvalue weighted by atomic mass is 10.1. The highest BCUT2D eigenvalue weighted by molar-refractivity contribution is 9.10. The molecule has 3 rings (SSSR count). The summed E-state index contributed by atoms with van der Waals surface area (Å²) in [5.41, 5.74) is 3.74. The number of hydrogen-bond acceptors (Lipinski definition) is 5. The van der Waals surface area contributed by atoms with Gasteiger partial charge in [-0.25, -0.2) is 4.98 Å². The van der Waals surface area contributed by atoms with E-state index in [2.05, 4.69) is 20.9 Å². The van der Waals surface area contributed by atoms with E-state index >= 15 is 0 Å². The fourth-order valence-electron chi connectivity index (χ4n) is 2.42. The average Bonchev–Trinajstić information content (AvgIpc) is 3.11. The predicted molar refractivity (Wildman–Crippen MR) is 106 cm³/mol. The lowest BCUT2D eigenvalue weighted by Gasteiger charge is -2.06. The van der Waals surface area contributed by atoms with Gasteiger partial charge in [-0.15, -0.1) is 11.3 Å². The van der Waals surface area contributed by atoms with Gasteiger partial charge >= 0.3 is 5.97 Å². The van der Waals surface area contributed by atoms with Crippen LogP contribution in [0.3, 0.4) is 0 Å². The molecule has 0 atom stereocenters. The summed E-state index contributed by atoms with van der Waals surface area (Å²) in [6.07, 6.45) is 0.261. The Kier molecular flexibility index (Phi) is 6.06. The van der Waals surface area contributed by atoms with E-state index in [4.69, 9.17) is 9.47 Å². The maximum Gasteiger partial charge on any atom is 0.310 e. The number of carbonyl (C=O) groups is 1. The van der Waals surface area contributed by atoms with Crippen LogP contribution >= 0.6 is 27.3 Å². The van der Waals surface area contributed by atoms with Crippen molar-refractivity contribution in [1.29, 1.82) is 0 Å². The number of aryl methyl sites for hydroxylation is 1. The number of thiazole rings is 1. The van der Waals surface area contributed by atoms with Crippen LogP contribution in [-0.4, -0.2) is 18.1 Å². The summed E-state index contributed by atoms with van der Waals surface area (Å²) in [6, 6.07) is 13.6. The number of ether oxygens (including phenoxy) is 2. The van der Waals surface area contributed by atoms with Crippen molar-refractivity contribution in [3.05, 3.63) is 69.1 Å². The molecule has 0 amide bonds. The van der Waals surface area contributed by atoms with Crippen LogP contribution in [0.15, 0.2) is 52.3 Å². The minimum absolute atomic E-state index is 0.164. The van der Waals surface area contributed by atoms with Gasteiger partial charge in [0.15, 0.2) is 0 Å². The highest BCUT2D eigenvalue weighted by Gasteiger charge is 2.12. The van der Waals surface area contributed by atoms with Crippen molar-refractivity contribution in [1.82, 2.24) is 4.98 Å². The smallest absolute Gasteiger partial charge is 0.310 e. The second-order valence-electron chi connectivity index (χ2n) is 5.81. The predicted octanol–water partition coefficient (Wildman–Crippen LogP) is 5.18. The van der Waals surface area contributed by atoms with Crippen LogP contribution in [0, 0.1) is 6.92 Å². The molecule has 0 aliphatic heterocycles. The lowest BCUT2D eigenvalue weighted by Crippen LogP contribution is -2.08. The van der Waals surface area contributed by atoms with Crippen molar-refractivity contribution in [2.75, 3.05) is 7.11 Å². The molecule has 0 unspecified atom stereocenters. The number of methoxy groups -OCH3 is 1. The maximum atomic E-state index is 12.0. The van der Waals surface area contributed by atoms with Gasteiger partial charge in [0.2, 0.25) is 0 Å². The molecular formula is C20H18BrNO3S. The van der Waals surface area contributed by atoms with E-state index in [0.717, 1.165) is 32.1 Å². The van der Waals surface area contributed by atoms with Crippen molar-refractivity contribution in [3.8, 4) is 16.3 Å². The maximum absolute atomic E-state index is 12.0. The highest BCUT2D eigenvalue weighted by Crippen LogP contribution is 2.34. The van der Waals surface area contributed by atoms with E-state index in [1.165, 1.54) is 16.9 Å². The third-order valence-electron chi connectivity index (χ3n) is 3.79. The summed E-state index contributed by atoms with van der Waals surface area (Å²) in [4.78, 5) is 16.6. The quantitative estimate of drug-likeness (QED) is 0.504. The summed E-state index contributed by atoms with van der Waals surface area (Å²) in [6.45, 7) is 2.18. The van der Waals surface area contributed by atoms with Gasteiger partial charge in [-0.2, -0.15) is 0 Å². The van der Waals surface area contributed by atoms with Crippen molar-refractivity contribution in [2.24, 2.45) is 0 Å². The Morgan fingerprint density at radius 2 is 1.96 bits per heavy atom. The normalized spacial score (nSPS) is 10.6. The summed E-state index contributed by atoms with van der Waals surface area (Å²) in [5, 5.41) is 2.72. The zero-order valence-corrected chi connectivity index (χ0v) is 16.9. The van der Waals surface area contributed by atoms with E-state index < -0.39 is 0 Å². The topological polar surface area (TPSA) is 48.4 Å². The fourth-order valence-corrected chi connectivity index (χ4v) is 3.61. The van der Waals surface area contributed by atoms with Crippen molar-refractivity contribution in [3.63, 3.8) is 0 Å². The fraction of sp³-hybridized carbons (Fsp3) is 0.200. The average molecular weight is 432 g/mol. The molecule has 0 saturated carbocycles. The zero-order valence-electron chi connectivity index (χ0n) is 14.5. The number of halogens is 1. The first kappa shape index (κ1) is 18.6. The molecule has 0 saturated heterocycles. The lowest BCUT2D eigenvalue weighted by molar-refractivity contribution is -0.144. The number of hydrogen-bond donors (Lipinski definition) is 0. The molecule has 2 aromatic carbocycles. The van der Waals surface area contributed by atoms with E-state index in [1.807, 2.05) is 54.8 Å². The standard InChI is InChI=1S/C20H18BrNO3S/c1-13-3-5-14(6-4-13)9-19(23)25-11-16-12-26-20(22-16)17-10-15(21)7-8-18(17)24-2/h3-8,10,12H,9,11H2,1-2H3. The van der Waals surface area contributed by atoms with Gasteiger partial charge in [-0.05, 0) is 30.7 Å². The molecule has 0 radical (unpaired) electrons. The van der Waals surface area contributed by atoms with Crippen LogP contribution < -0.4 is 4.74 Å². The summed E-state index contributed by atoms with van der Waals surface area (Å²) < 4.78 is 11.7. The Bertz CT molecular complexity index is 906. The first-order chi connectivity index (χ1) is 12.5. The Morgan fingerprint density at radius 3 is 2.69 bits per heavy atom. The third-order valence-corrected chi connectivity index (χ3v) is 5.21. The molecule has 0 aliphatic rings. The van der Waals surface area contributed by atoms with Crippen molar-refractivity contribution < 1.29 is 14.3 Å². The summed E-state index contributed by atoms with van der Waals surface area (Å²) >= 11 is 4.96. The second-order valence-corrected chi connectivity index (χ2v) is 7.59. The van der Waals surface area contributed by atoms with Crippen molar-refractivity contribution in [2.45, 2.75) is 20.0 Å². The molecule has 26 heavy (non-hydrogen) atoms.